The van der Waals surface area contributed by atoms with Crippen LogP contribution in [0.5, 0.6) is 5.75 Å². The fraction of sp³-hybridized carbons (Fsp3) is 0.435. The minimum Gasteiger partial charge on any atom is -0.493 e. The van der Waals surface area contributed by atoms with Gasteiger partial charge in [0.25, 0.3) is 0 Å². The Morgan fingerprint density at radius 1 is 1.15 bits per heavy atom. The first-order valence-electron chi connectivity index (χ1n) is 10.0. The Hall–Kier alpha value is -2.33. The summed E-state index contributed by atoms with van der Waals surface area (Å²) >= 11 is 0. The van der Waals surface area contributed by atoms with Crippen LogP contribution >= 0.6 is 0 Å². The molecule has 1 N–H and O–H groups in total. The monoisotopic (exact) mass is 367 g/mol. The van der Waals surface area contributed by atoms with Crippen LogP contribution in [-0.2, 0) is 17.9 Å². The summed E-state index contributed by atoms with van der Waals surface area (Å²) in [6.07, 6.45) is 2.09. The van der Waals surface area contributed by atoms with Crippen molar-refractivity contribution in [2.75, 3.05) is 26.7 Å². The lowest BCUT2D eigenvalue weighted by molar-refractivity contribution is -0.921. The molecule has 4 heteroatoms. The van der Waals surface area contributed by atoms with Crippen LogP contribution < -0.4 is 9.64 Å². The zero-order valence-electron chi connectivity index (χ0n) is 16.5. The number of nitrogens with zero attached hydrogens (tertiary/aromatic N) is 1. The van der Waals surface area contributed by atoms with Crippen molar-refractivity contribution in [1.29, 1.82) is 0 Å². The SMILES string of the molecule is CCOc1ccccc1C[NH+]1CCC[C@H](C(=O)N(C)Cc2ccccc2)C1. The number of carbonyl (C=O) groups excluding carboxylic acids is 1. The molecular weight excluding hydrogens is 336 g/mol. The van der Waals surface area contributed by atoms with Crippen molar-refractivity contribution in [3.63, 3.8) is 0 Å². The van der Waals surface area contributed by atoms with E-state index in [1.807, 2.05) is 49.2 Å². The third kappa shape index (κ3) is 5.33. The van der Waals surface area contributed by atoms with Crippen molar-refractivity contribution in [3.05, 3.63) is 65.7 Å². The molecule has 1 fully saturated rings. The first-order valence-corrected chi connectivity index (χ1v) is 10.0. The Labute approximate surface area is 162 Å². The van der Waals surface area contributed by atoms with Gasteiger partial charge in [-0.15, -0.1) is 0 Å². The van der Waals surface area contributed by atoms with E-state index in [4.69, 9.17) is 4.74 Å². The topological polar surface area (TPSA) is 34.0 Å². The van der Waals surface area contributed by atoms with Gasteiger partial charge in [0.2, 0.25) is 5.91 Å². The van der Waals surface area contributed by atoms with E-state index >= 15 is 0 Å². The van der Waals surface area contributed by atoms with Crippen molar-refractivity contribution in [2.24, 2.45) is 5.92 Å². The van der Waals surface area contributed by atoms with Gasteiger partial charge in [0, 0.05) is 19.2 Å². The van der Waals surface area contributed by atoms with Gasteiger partial charge in [0.05, 0.1) is 25.6 Å². The van der Waals surface area contributed by atoms with E-state index in [0.29, 0.717) is 13.2 Å². The molecule has 2 aromatic rings. The van der Waals surface area contributed by atoms with E-state index in [0.717, 1.165) is 38.2 Å². The second-order valence-corrected chi connectivity index (χ2v) is 7.44. The molecule has 2 atom stereocenters. The lowest BCUT2D eigenvalue weighted by atomic mass is 9.96. The van der Waals surface area contributed by atoms with Crippen LogP contribution in [0.3, 0.4) is 0 Å². The number of hydrogen-bond donors (Lipinski definition) is 1. The van der Waals surface area contributed by atoms with Crippen molar-refractivity contribution >= 4 is 5.91 Å². The highest BCUT2D eigenvalue weighted by Gasteiger charge is 2.31. The van der Waals surface area contributed by atoms with Gasteiger partial charge in [-0.2, -0.15) is 0 Å². The summed E-state index contributed by atoms with van der Waals surface area (Å²) in [5.74, 6) is 1.36. The van der Waals surface area contributed by atoms with Gasteiger partial charge in [0.1, 0.15) is 12.3 Å². The molecule has 1 heterocycles. The molecule has 1 unspecified atom stereocenters. The van der Waals surface area contributed by atoms with E-state index in [2.05, 4.69) is 24.3 Å². The van der Waals surface area contributed by atoms with Gasteiger partial charge in [-0.3, -0.25) is 4.79 Å². The van der Waals surface area contributed by atoms with Crippen LogP contribution in [0.2, 0.25) is 0 Å². The fourth-order valence-corrected chi connectivity index (χ4v) is 3.98. The molecule has 2 aromatic carbocycles. The number of para-hydroxylation sites is 1. The number of likely N-dealkylation sites (tertiary alicyclic amines) is 1. The number of piperidine rings is 1. The maximum Gasteiger partial charge on any atom is 0.231 e. The molecule has 1 aliphatic heterocycles. The minimum atomic E-state index is 0.113. The lowest BCUT2D eigenvalue weighted by Gasteiger charge is -2.32. The summed E-state index contributed by atoms with van der Waals surface area (Å²) < 4.78 is 5.77. The highest BCUT2D eigenvalue weighted by atomic mass is 16.5. The summed E-state index contributed by atoms with van der Waals surface area (Å²) in [5.41, 5.74) is 2.42. The van der Waals surface area contributed by atoms with E-state index in [9.17, 15) is 4.79 Å². The predicted octanol–water partition coefficient (Wildman–Crippen LogP) is 2.54. The van der Waals surface area contributed by atoms with Gasteiger partial charge in [-0.1, -0.05) is 42.5 Å². The molecule has 27 heavy (non-hydrogen) atoms. The van der Waals surface area contributed by atoms with E-state index in [1.54, 1.807) is 0 Å². The molecule has 0 radical (unpaired) electrons. The third-order valence-corrected chi connectivity index (χ3v) is 5.32. The molecule has 0 spiro atoms. The molecule has 1 aliphatic rings. The van der Waals surface area contributed by atoms with E-state index < -0.39 is 0 Å². The number of carbonyl (C=O) groups is 1. The van der Waals surface area contributed by atoms with Crippen LogP contribution in [-0.4, -0.2) is 37.6 Å². The van der Waals surface area contributed by atoms with Gasteiger partial charge in [-0.25, -0.2) is 0 Å². The van der Waals surface area contributed by atoms with E-state index in [-0.39, 0.29) is 11.8 Å². The second kappa shape index (κ2) is 9.56. The predicted molar refractivity (Wildman–Crippen MR) is 108 cm³/mol. The average molecular weight is 368 g/mol. The largest absolute Gasteiger partial charge is 0.493 e. The summed E-state index contributed by atoms with van der Waals surface area (Å²) in [6, 6.07) is 18.5. The molecular formula is C23H31N2O2+. The van der Waals surface area contributed by atoms with Crippen LogP contribution in [0.15, 0.2) is 54.6 Å². The Morgan fingerprint density at radius 2 is 1.89 bits per heavy atom. The first kappa shape index (κ1) is 19.4. The molecule has 0 saturated carbocycles. The summed E-state index contributed by atoms with van der Waals surface area (Å²) in [4.78, 5) is 16.3. The normalized spacial score (nSPS) is 19.5. The smallest absolute Gasteiger partial charge is 0.231 e. The van der Waals surface area contributed by atoms with Crippen LogP contribution in [0, 0.1) is 5.92 Å². The van der Waals surface area contributed by atoms with Crippen molar-refractivity contribution in [2.45, 2.75) is 32.9 Å². The van der Waals surface area contributed by atoms with Gasteiger partial charge < -0.3 is 14.5 Å². The molecule has 0 aromatic heterocycles. The van der Waals surface area contributed by atoms with Gasteiger partial charge in [0.15, 0.2) is 0 Å². The number of hydrogen-bond acceptors (Lipinski definition) is 2. The van der Waals surface area contributed by atoms with Crippen molar-refractivity contribution in [3.8, 4) is 5.75 Å². The Morgan fingerprint density at radius 3 is 2.67 bits per heavy atom. The molecule has 0 aliphatic carbocycles. The number of benzene rings is 2. The summed E-state index contributed by atoms with van der Waals surface area (Å²) in [6.45, 7) is 6.31. The minimum absolute atomic E-state index is 0.113. The molecule has 0 bridgehead atoms. The molecule has 144 valence electrons. The Bertz CT molecular complexity index is 732. The Balaban J connectivity index is 1.59. The van der Waals surface area contributed by atoms with Crippen LogP contribution in [0.4, 0.5) is 0 Å². The number of amides is 1. The van der Waals surface area contributed by atoms with Crippen molar-refractivity contribution in [1.82, 2.24) is 4.90 Å². The lowest BCUT2D eigenvalue weighted by Crippen LogP contribution is -3.12. The second-order valence-electron chi connectivity index (χ2n) is 7.44. The van der Waals surface area contributed by atoms with Crippen molar-refractivity contribution < 1.29 is 14.4 Å². The van der Waals surface area contributed by atoms with Crippen LogP contribution in [0.25, 0.3) is 0 Å². The quantitative estimate of drug-likeness (QED) is 0.816. The zero-order chi connectivity index (χ0) is 19.1. The van der Waals surface area contributed by atoms with E-state index in [1.165, 1.54) is 16.0 Å². The number of ether oxygens (including phenoxy) is 1. The summed E-state index contributed by atoms with van der Waals surface area (Å²) in [5, 5.41) is 0. The van der Waals surface area contributed by atoms with Gasteiger partial charge in [-0.05, 0) is 37.5 Å². The standard InChI is InChI=1S/C23H30N2O2/c1-3-27-22-14-8-7-12-20(22)17-25-15-9-13-21(18-25)23(26)24(2)16-19-10-5-4-6-11-19/h4-8,10-12,14,21H,3,9,13,15-18H2,1-2H3/p+1/t21-/m0/s1. The summed E-state index contributed by atoms with van der Waals surface area (Å²) in [7, 11) is 1.92. The fourth-order valence-electron chi connectivity index (χ4n) is 3.98. The highest BCUT2D eigenvalue weighted by molar-refractivity contribution is 5.78. The Kier molecular flexibility index (Phi) is 6.88. The zero-order valence-corrected chi connectivity index (χ0v) is 16.5. The molecule has 4 nitrogen and oxygen atoms in total. The first-order chi connectivity index (χ1) is 13.2. The molecule has 3 rings (SSSR count). The van der Waals surface area contributed by atoms with Gasteiger partial charge >= 0.3 is 0 Å². The number of rotatable bonds is 7. The maximum atomic E-state index is 13.0. The third-order valence-electron chi connectivity index (χ3n) is 5.32. The average Bonchev–Trinajstić information content (AvgIpc) is 2.70. The number of quaternary nitrogens is 1. The number of nitrogens with one attached hydrogen (secondary N) is 1. The molecule has 1 saturated heterocycles. The maximum absolute atomic E-state index is 13.0. The van der Waals surface area contributed by atoms with Crippen LogP contribution in [0.1, 0.15) is 30.9 Å². The molecule has 1 amide bonds. The highest BCUT2D eigenvalue weighted by Crippen LogP contribution is 2.18.